The summed E-state index contributed by atoms with van der Waals surface area (Å²) in [5, 5.41) is 0. The third-order valence-electron chi connectivity index (χ3n) is 1.53. The molecule has 0 aromatic carbocycles. The van der Waals surface area contributed by atoms with Crippen molar-refractivity contribution in [3.63, 3.8) is 0 Å². The van der Waals surface area contributed by atoms with Gasteiger partial charge >= 0.3 is 0 Å². The van der Waals surface area contributed by atoms with E-state index in [0.29, 0.717) is 8.46 Å². The van der Waals surface area contributed by atoms with Crippen LogP contribution in [0.2, 0.25) is 0 Å². The smallest absolute Gasteiger partial charge is 0.155 e. The Bertz CT molecular complexity index is 81.3. The van der Waals surface area contributed by atoms with Gasteiger partial charge in [-0.1, -0.05) is 33.1 Å². The summed E-state index contributed by atoms with van der Waals surface area (Å²) in [5.74, 6) is 0.824. The molecule has 0 atom stereocenters. The number of rotatable bonds is 6. The molecule has 0 aliphatic carbocycles. The highest BCUT2D eigenvalue weighted by atomic mass is 31.1. The molecule has 0 amide bonds. The molecule has 2 heteroatoms. The molecule has 0 aromatic heterocycles. The predicted octanol–water partition coefficient (Wildman–Crippen LogP) is 3.49. The molecule has 0 unspecified atom stereocenters. The molecule has 0 aromatic rings. The fourth-order valence-electron chi connectivity index (χ4n) is 0.906. The van der Waals surface area contributed by atoms with E-state index >= 15 is 0 Å². The first-order chi connectivity index (χ1) is 4.77. The van der Waals surface area contributed by atoms with Gasteiger partial charge in [-0.2, -0.15) is 0 Å². The monoisotopic (exact) mass is 160 g/mol. The Hall–Kier alpha value is 0.100. The summed E-state index contributed by atoms with van der Waals surface area (Å²) in [6.45, 7) is 4.48. The van der Waals surface area contributed by atoms with Crippen LogP contribution in [0, 0.1) is 5.92 Å². The van der Waals surface area contributed by atoms with Crippen LogP contribution in [0.1, 0.15) is 39.5 Å². The molecule has 0 radical (unpaired) electrons. The zero-order valence-corrected chi connectivity index (χ0v) is 7.86. The van der Waals surface area contributed by atoms with Gasteiger partial charge in [-0.3, -0.25) is 4.57 Å². The molecule has 0 spiro atoms. The van der Waals surface area contributed by atoms with Gasteiger partial charge in [0.2, 0.25) is 0 Å². The molecule has 0 rings (SSSR count). The molecular formula is C8H17OP. The van der Waals surface area contributed by atoms with Crippen molar-refractivity contribution in [3.05, 3.63) is 0 Å². The van der Waals surface area contributed by atoms with Crippen LogP contribution < -0.4 is 0 Å². The Kier molecular flexibility index (Phi) is 7.28. The molecule has 0 saturated carbocycles. The van der Waals surface area contributed by atoms with Crippen LogP contribution >= 0.6 is 8.46 Å². The molecular weight excluding hydrogens is 143 g/mol. The molecule has 1 nitrogen and oxygen atoms in total. The molecule has 10 heavy (non-hydrogen) atoms. The lowest BCUT2D eigenvalue weighted by atomic mass is 10.1. The molecule has 0 bridgehead atoms. The summed E-state index contributed by atoms with van der Waals surface area (Å²) in [5.41, 5.74) is 0. The summed E-state index contributed by atoms with van der Waals surface area (Å²) in [6, 6.07) is 0. The van der Waals surface area contributed by atoms with Crippen molar-refractivity contribution in [2.75, 3.05) is 6.16 Å². The minimum absolute atomic E-state index is 0.312. The highest BCUT2D eigenvalue weighted by Crippen LogP contribution is 2.09. The van der Waals surface area contributed by atoms with Crippen LogP contribution in [0.3, 0.4) is 0 Å². The normalized spacial score (nSPS) is 11.1. The van der Waals surface area contributed by atoms with E-state index < -0.39 is 0 Å². The average molecular weight is 160 g/mol. The van der Waals surface area contributed by atoms with Crippen LogP contribution in [0.15, 0.2) is 0 Å². The van der Waals surface area contributed by atoms with Crippen LogP contribution in [-0.2, 0) is 4.57 Å². The Morgan fingerprint density at radius 3 is 2.40 bits per heavy atom. The van der Waals surface area contributed by atoms with Crippen molar-refractivity contribution in [2.45, 2.75) is 39.5 Å². The van der Waals surface area contributed by atoms with Gasteiger partial charge in [0.15, 0.2) is 8.46 Å². The molecule has 0 aliphatic rings. The van der Waals surface area contributed by atoms with E-state index in [4.69, 9.17) is 0 Å². The summed E-state index contributed by atoms with van der Waals surface area (Å²) in [4.78, 5) is 0. The maximum absolute atomic E-state index is 10.00. The summed E-state index contributed by atoms with van der Waals surface area (Å²) < 4.78 is 10.00. The van der Waals surface area contributed by atoms with Crippen molar-refractivity contribution in [3.8, 4) is 0 Å². The van der Waals surface area contributed by atoms with Crippen molar-refractivity contribution in [2.24, 2.45) is 5.92 Å². The van der Waals surface area contributed by atoms with Gasteiger partial charge in [0.05, 0.1) is 0 Å². The second-order valence-corrected chi connectivity index (χ2v) is 3.80. The van der Waals surface area contributed by atoms with Crippen molar-refractivity contribution in [1.29, 1.82) is 0 Å². The van der Waals surface area contributed by atoms with E-state index in [1.54, 1.807) is 0 Å². The summed E-state index contributed by atoms with van der Waals surface area (Å²) in [6.07, 6.45) is 5.83. The number of hydrogen-bond donors (Lipinski definition) is 0. The first kappa shape index (κ1) is 10.1. The highest BCUT2D eigenvalue weighted by Gasteiger charge is 1.93. The standard InChI is InChI=1S/C8H17OP/c1-8(2)6-4-3-5-7-10-9/h8H,3-7H2,1-2H3. The van der Waals surface area contributed by atoms with Gasteiger partial charge < -0.3 is 0 Å². The van der Waals surface area contributed by atoms with E-state index in [2.05, 4.69) is 13.8 Å². The van der Waals surface area contributed by atoms with Crippen molar-refractivity contribution in [1.82, 2.24) is 0 Å². The first-order valence-corrected chi connectivity index (χ1v) is 5.06. The largest absolute Gasteiger partial charge is 0.275 e. The Morgan fingerprint density at radius 1 is 1.20 bits per heavy atom. The van der Waals surface area contributed by atoms with Gasteiger partial charge in [0, 0.05) is 6.16 Å². The lowest BCUT2D eigenvalue weighted by Crippen LogP contribution is -1.86. The number of hydrogen-bond acceptors (Lipinski definition) is 1. The highest BCUT2D eigenvalue weighted by molar-refractivity contribution is 7.23. The average Bonchev–Trinajstić information content (AvgIpc) is 1.87. The van der Waals surface area contributed by atoms with Crippen LogP contribution in [-0.4, -0.2) is 6.16 Å². The maximum atomic E-state index is 10.00. The van der Waals surface area contributed by atoms with E-state index in [9.17, 15) is 4.57 Å². The van der Waals surface area contributed by atoms with Crippen molar-refractivity contribution >= 4 is 8.46 Å². The Morgan fingerprint density at radius 2 is 1.90 bits per heavy atom. The summed E-state index contributed by atoms with van der Waals surface area (Å²) in [7, 11) is 0.312. The van der Waals surface area contributed by atoms with Gasteiger partial charge in [0.25, 0.3) is 0 Å². The lowest BCUT2D eigenvalue weighted by molar-refractivity contribution is 0.534. The quantitative estimate of drug-likeness (QED) is 0.429. The minimum Gasteiger partial charge on any atom is -0.275 e. The molecule has 0 heterocycles. The predicted molar refractivity (Wildman–Crippen MR) is 45.8 cm³/mol. The second kappa shape index (κ2) is 7.21. The van der Waals surface area contributed by atoms with E-state index in [-0.39, 0.29) is 0 Å². The molecule has 0 aliphatic heterocycles. The van der Waals surface area contributed by atoms with Crippen LogP contribution in [0.25, 0.3) is 0 Å². The van der Waals surface area contributed by atoms with Gasteiger partial charge in [0.1, 0.15) is 0 Å². The zero-order valence-electron chi connectivity index (χ0n) is 6.97. The Labute approximate surface area is 65.4 Å². The van der Waals surface area contributed by atoms with E-state index in [0.717, 1.165) is 18.5 Å². The van der Waals surface area contributed by atoms with Gasteiger partial charge in [-0.25, -0.2) is 0 Å². The van der Waals surface area contributed by atoms with Crippen LogP contribution in [0.4, 0.5) is 0 Å². The third kappa shape index (κ3) is 8.10. The number of unbranched alkanes of at least 4 members (excludes halogenated alkanes) is 2. The van der Waals surface area contributed by atoms with Crippen LogP contribution in [0.5, 0.6) is 0 Å². The van der Waals surface area contributed by atoms with E-state index in [1.165, 1.54) is 19.3 Å². The second-order valence-electron chi connectivity index (χ2n) is 3.10. The third-order valence-corrected chi connectivity index (χ3v) is 2.03. The van der Waals surface area contributed by atoms with Crippen molar-refractivity contribution < 1.29 is 4.57 Å². The molecule has 0 saturated heterocycles. The fraction of sp³-hybridized carbons (Fsp3) is 1.00. The first-order valence-electron chi connectivity index (χ1n) is 4.06. The molecule has 0 N–H and O–H groups in total. The molecule has 60 valence electrons. The lowest BCUT2D eigenvalue weighted by Gasteiger charge is -2.01. The van der Waals surface area contributed by atoms with Gasteiger partial charge in [-0.05, 0) is 12.3 Å². The topological polar surface area (TPSA) is 17.1 Å². The SMILES string of the molecule is CC(C)CCCCCP=O. The maximum Gasteiger partial charge on any atom is 0.155 e. The Balaban J connectivity index is 2.83. The minimum atomic E-state index is 0.312. The fourth-order valence-corrected chi connectivity index (χ4v) is 1.26. The summed E-state index contributed by atoms with van der Waals surface area (Å²) >= 11 is 0. The zero-order chi connectivity index (χ0) is 7.82. The van der Waals surface area contributed by atoms with Gasteiger partial charge in [-0.15, -0.1) is 0 Å². The van der Waals surface area contributed by atoms with E-state index in [1.807, 2.05) is 0 Å². The molecule has 0 fully saturated rings.